The monoisotopic (exact) mass is 912 g/mol. The number of benzene rings is 10. The molecule has 14 rings (SSSR count). The second-order valence-corrected chi connectivity index (χ2v) is 21.2. The number of para-hydroxylation sites is 1. The van der Waals surface area contributed by atoms with E-state index in [9.17, 15) is 0 Å². The van der Waals surface area contributed by atoms with Crippen molar-refractivity contribution >= 4 is 49.6 Å². The van der Waals surface area contributed by atoms with Gasteiger partial charge in [-0.25, -0.2) is 0 Å². The lowest BCUT2D eigenvalue weighted by Gasteiger charge is -2.42. The molecule has 11 aromatic rings. The smallest absolute Gasteiger partial charge is 0.0547 e. The van der Waals surface area contributed by atoms with E-state index in [1.165, 1.54) is 109 Å². The van der Waals surface area contributed by atoms with Crippen molar-refractivity contribution < 1.29 is 0 Å². The van der Waals surface area contributed by atoms with Crippen LogP contribution in [-0.4, -0.2) is 4.57 Å². The van der Waals surface area contributed by atoms with Gasteiger partial charge in [-0.1, -0.05) is 177 Å². The third-order valence-corrected chi connectivity index (χ3v) is 17.1. The number of aromatic nitrogens is 1. The lowest BCUT2D eigenvalue weighted by Crippen LogP contribution is -2.34. The first-order chi connectivity index (χ1) is 35.0. The molecular weight excluding hydrogens is 857 g/mol. The predicted molar refractivity (Wildman–Crippen MR) is 299 cm³/mol. The molecule has 3 unspecified atom stereocenters. The van der Waals surface area contributed by atoms with Crippen molar-refractivity contribution in [1.82, 2.24) is 4.57 Å². The maximum Gasteiger partial charge on any atom is 0.0547 e. The molecule has 1 heterocycles. The summed E-state index contributed by atoms with van der Waals surface area (Å²) < 4.78 is 2.43. The summed E-state index contributed by atoms with van der Waals surface area (Å²) in [4.78, 5) is 2.40. The van der Waals surface area contributed by atoms with Gasteiger partial charge in [0, 0.05) is 33.5 Å². The normalized spacial score (nSPS) is 20.2. The Morgan fingerprint density at radius 1 is 0.394 bits per heavy atom. The molecule has 5 atom stereocenters. The van der Waals surface area contributed by atoms with E-state index in [-0.39, 0.29) is 0 Å². The maximum absolute atomic E-state index is 2.51. The number of anilines is 3. The van der Waals surface area contributed by atoms with Gasteiger partial charge in [0.15, 0.2) is 0 Å². The summed E-state index contributed by atoms with van der Waals surface area (Å²) in [5.41, 5.74) is 18.6. The fourth-order valence-electron chi connectivity index (χ4n) is 13.8. The molecule has 0 saturated heterocycles. The molecule has 2 nitrogen and oxygen atoms in total. The summed E-state index contributed by atoms with van der Waals surface area (Å²) >= 11 is 0. The summed E-state index contributed by atoms with van der Waals surface area (Å²) in [6.07, 6.45) is 7.08. The first kappa shape index (κ1) is 42.0. The van der Waals surface area contributed by atoms with Crippen LogP contribution in [0.3, 0.4) is 0 Å². The molecule has 2 bridgehead atoms. The summed E-state index contributed by atoms with van der Waals surface area (Å²) in [6, 6.07) is 87.8. The summed E-state index contributed by atoms with van der Waals surface area (Å²) in [5, 5.41) is 5.12. The van der Waals surface area contributed by atoms with E-state index in [1.807, 2.05) is 0 Å². The average Bonchev–Trinajstić information content (AvgIpc) is 3.89. The zero-order chi connectivity index (χ0) is 47.0. The zero-order valence-electron chi connectivity index (χ0n) is 40.3. The Morgan fingerprint density at radius 2 is 0.930 bits per heavy atom. The third-order valence-electron chi connectivity index (χ3n) is 17.1. The van der Waals surface area contributed by atoms with Gasteiger partial charge in [0.2, 0.25) is 0 Å². The van der Waals surface area contributed by atoms with Gasteiger partial charge in [-0.3, -0.25) is 0 Å². The average molecular weight is 913 g/mol. The highest BCUT2D eigenvalue weighted by Gasteiger charge is 2.57. The Morgan fingerprint density at radius 3 is 1.61 bits per heavy atom. The van der Waals surface area contributed by atoms with Gasteiger partial charge >= 0.3 is 0 Å². The van der Waals surface area contributed by atoms with E-state index in [1.54, 1.807) is 5.56 Å². The number of nitrogens with zero attached hydrogens (tertiary/aromatic N) is 2. The second kappa shape index (κ2) is 16.9. The van der Waals surface area contributed by atoms with E-state index in [2.05, 4.69) is 253 Å². The van der Waals surface area contributed by atoms with Crippen LogP contribution in [0.15, 0.2) is 237 Å². The Hall–Kier alpha value is -7.94. The molecule has 1 aromatic heterocycles. The fourth-order valence-corrected chi connectivity index (χ4v) is 13.8. The minimum absolute atomic E-state index is 0.379. The van der Waals surface area contributed by atoms with Gasteiger partial charge in [0.1, 0.15) is 0 Å². The molecule has 0 spiro atoms. The molecule has 71 heavy (non-hydrogen) atoms. The molecule has 0 N–H and O–H groups in total. The minimum atomic E-state index is 0.379. The Bertz CT molecular complexity index is 3750. The lowest BCUT2D eigenvalue weighted by molar-refractivity contribution is 0.0780. The molecule has 2 heteroatoms. The quantitative estimate of drug-likeness (QED) is 0.140. The first-order valence-corrected chi connectivity index (χ1v) is 25.9. The van der Waals surface area contributed by atoms with Crippen molar-refractivity contribution in [1.29, 1.82) is 0 Å². The first-order valence-electron chi connectivity index (χ1n) is 25.9. The zero-order valence-corrected chi connectivity index (χ0v) is 40.3. The van der Waals surface area contributed by atoms with Crippen LogP contribution in [0, 0.1) is 23.7 Å². The number of fused-ring (bicyclic) bond motifs is 6. The Labute approximate surface area is 417 Å². The molecule has 0 radical (unpaired) electrons. The number of rotatable bonds is 9. The largest absolute Gasteiger partial charge is 0.311 e. The van der Waals surface area contributed by atoms with Crippen molar-refractivity contribution in [2.75, 3.05) is 4.90 Å². The molecular formula is C69H56N2. The van der Waals surface area contributed by atoms with Crippen LogP contribution in [-0.2, 0) is 5.41 Å². The van der Waals surface area contributed by atoms with E-state index >= 15 is 0 Å². The molecule has 3 aliphatic rings. The molecule has 0 aliphatic heterocycles. The van der Waals surface area contributed by atoms with Gasteiger partial charge < -0.3 is 9.47 Å². The molecule has 3 aliphatic carbocycles. The van der Waals surface area contributed by atoms with Gasteiger partial charge in [-0.15, -0.1) is 0 Å². The topological polar surface area (TPSA) is 8.17 Å². The molecule has 3 fully saturated rings. The second-order valence-electron chi connectivity index (χ2n) is 21.2. The number of hydrogen-bond donors (Lipinski definition) is 0. The van der Waals surface area contributed by atoms with Gasteiger partial charge in [-0.05, 0) is 189 Å². The van der Waals surface area contributed by atoms with E-state index in [0.717, 1.165) is 46.4 Å². The van der Waals surface area contributed by atoms with Crippen LogP contribution in [0.2, 0.25) is 0 Å². The minimum Gasteiger partial charge on any atom is -0.311 e. The SMILES string of the molecule is C[C@H]1CC2CC3CC(c4ccc(-c5ccc(N(c6ccc(-c7cccc(-c8ccccc8)c7)cc6)c6ccc(-c7cccc(-n8c9ccccc9c9c%10ccccc%10ccc98)c7)cc6)cc5)cc4)(C1)C[C@H]23. The van der Waals surface area contributed by atoms with Crippen molar-refractivity contribution in [3.05, 3.63) is 242 Å². The Kier molecular flexibility index (Phi) is 9.98. The molecule has 342 valence electrons. The van der Waals surface area contributed by atoms with Crippen molar-refractivity contribution in [3.63, 3.8) is 0 Å². The van der Waals surface area contributed by atoms with Crippen LogP contribution in [0.5, 0.6) is 0 Å². The highest BCUT2D eigenvalue weighted by Crippen LogP contribution is 2.65. The third kappa shape index (κ3) is 7.22. The van der Waals surface area contributed by atoms with Crippen molar-refractivity contribution in [2.24, 2.45) is 23.7 Å². The molecule has 3 saturated carbocycles. The van der Waals surface area contributed by atoms with Crippen LogP contribution in [0.1, 0.15) is 44.6 Å². The lowest BCUT2D eigenvalue weighted by atomic mass is 9.63. The van der Waals surface area contributed by atoms with E-state index < -0.39 is 0 Å². The van der Waals surface area contributed by atoms with E-state index in [4.69, 9.17) is 0 Å². The molecule has 0 amide bonds. The van der Waals surface area contributed by atoms with Crippen molar-refractivity contribution in [3.8, 4) is 50.2 Å². The highest BCUT2D eigenvalue weighted by atomic mass is 15.1. The van der Waals surface area contributed by atoms with Crippen LogP contribution in [0.4, 0.5) is 17.1 Å². The highest BCUT2D eigenvalue weighted by molar-refractivity contribution is 6.21. The van der Waals surface area contributed by atoms with Crippen LogP contribution < -0.4 is 4.90 Å². The maximum atomic E-state index is 2.51. The Balaban J connectivity index is 0.801. The van der Waals surface area contributed by atoms with Gasteiger partial charge in [-0.2, -0.15) is 0 Å². The molecule has 10 aromatic carbocycles. The van der Waals surface area contributed by atoms with E-state index in [0.29, 0.717) is 5.41 Å². The summed E-state index contributed by atoms with van der Waals surface area (Å²) in [5.74, 6) is 3.75. The number of hydrogen-bond acceptors (Lipinski definition) is 1. The fraction of sp³-hybridized carbons (Fsp3) is 0.159. The van der Waals surface area contributed by atoms with Crippen LogP contribution in [0.25, 0.3) is 82.8 Å². The standard InChI is InChI=1S/C69H56N2/c1-46-39-56-41-57-44-69(43-46,45-65(56)57)58-30-21-48(22-31-58)49-23-32-59(33-24-49)70(60-34-25-50(26-35-60)54-15-9-14-53(40-54)47-11-3-2-4-12-47)61-36-27-51(28-37-61)55-16-10-17-62(42-55)71-66-20-8-7-19-64(66)68-63-18-6-5-13-52(63)29-38-67(68)71/h2-38,40,42,46,56-57,65H,39,41,43-45H2,1H3/t46-,56?,57?,65+,69?/m0/s1. The van der Waals surface area contributed by atoms with Crippen LogP contribution >= 0.6 is 0 Å². The summed E-state index contributed by atoms with van der Waals surface area (Å²) in [7, 11) is 0. The van der Waals surface area contributed by atoms with Crippen molar-refractivity contribution in [2.45, 2.75) is 44.4 Å². The van der Waals surface area contributed by atoms with Gasteiger partial charge in [0.25, 0.3) is 0 Å². The predicted octanol–water partition coefficient (Wildman–Crippen LogP) is 18.8. The van der Waals surface area contributed by atoms with Gasteiger partial charge in [0.05, 0.1) is 11.0 Å². The summed E-state index contributed by atoms with van der Waals surface area (Å²) in [6.45, 7) is 2.51.